The predicted octanol–water partition coefficient (Wildman–Crippen LogP) is 2.38. The molecule has 1 aromatic carbocycles. The third-order valence-electron chi connectivity index (χ3n) is 3.27. The van der Waals surface area contributed by atoms with Crippen LogP contribution in [-0.2, 0) is 11.3 Å². The van der Waals surface area contributed by atoms with Crippen LogP contribution in [-0.4, -0.2) is 38.3 Å². The van der Waals surface area contributed by atoms with Crippen molar-refractivity contribution in [3.8, 4) is 0 Å². The van der Waals surface area contributed by atoms with Crippen LogP contribution in [0.2, 0.25) is 5.02 Å². The zero-order valence-corrected chi connectivity index (χ0v) is 12.2. The van der Waals surface area contributed by atoms with E-state index in [1.165, 1.54) is 0 Å². The molecular weight excluding hydrogens is 248 g/mol. The molecule has 2 atom stereocenters. The van der Waals surface area contributed by atoms with Crippen LogP contribution in [0.1, 0.15) is 12.5 Å². The van der Waals surface area contributed by atoms with Gasteiger partial charge in [-0.25, -0.2) is 0 Å². The molecule has 0 fully saturated rings. The van der Waals surface area contributed by atoms with Gasteiger partial charge in [-0.3, -0.25) is 4.90 Å². The van der Waals surface area contributed by atoms with Crippen LogP contribution in [0, 0.1) is 5.92 Å². The van der Waals surface area contributed by atoms with Gasteiger partial charge in [0.2, 0.25) is 0 Å². The number of likely N-dealkylation sites (N-methyl/N-ethyl adjacent to an activating group) is 1. The van der Waals surface area contributed by atoms with E-state index in [1.54, 1.807) is 7.11 Å². The molecule has 0 spiro atoms. The summed E-state index contributed by atoms with van der Waals surface area (Å²) in [6, 6.07) is 8.21. The van der Waals surface area contributed by atoms with Gasteiger partial charge >= 0.3 is 0 Å². The highest BCUT2D eigenvalue weighted by Gasteiger charge is 2.20. The zero-order chi connectivity index (χ0) is 13.5. The lowest BCUT2D eigenvalue weighted by Gasteiger charge is -2.31. The van der Waals surface area contributed by atoms with E-state index in [4.69, 9.17) is 22.1 Å². The molecule has 0 bridgehead atoms. The van der Waals surface area contributed by atoms with E-state index in [2.05, 4.69) is 18.9 Å². The third-order valence-corrected chi connectivity index (χ3v) is 3.64. The minimum absolute atomic E-state index is 0.293. The average molecular weight is 271 g/mol. The van der Waals surface area contributed by atoms with Crippen molar-refractivity contribution in [1.82, 2.24) is 4.90 Å². The van der Waals surface area contributed by atoms with Gasteiger partial charge in [-0.2, -0.15) is 0 Å². The molecule has 0 amide bonds. The number of nitrogens with two attached hydrogens (primary N) is 1. The van der Waals surface area contributed by atoms with Gasteiger partial charge in [0.05, 0.1) is 6.61 Å². The Morgan fingerprint density at radius 1 is 1.39 bits per heavy atom. The van der Waals surface area contributed by atoms with Crippen LogP contribution >= 0.6 is 11.6 Å². The molecule has 18 heavy (non-hydrogen) atoms. The molecule has 0 saturated carbocycles. The molecule has 102 valence electrons. The fourth-order valence-corrected chi connectivity index (χ4v) is 2.43. The number of ether oxygens (including phenoxy) is 1. The van der Waals surface area contributed by atoms with E-state index in [-0.39, 0.29) is 0 Å². The maximum atomic E-state index is 6.17. The normalized spacial score (nSPS) is 14.8. The van der Waals surface area contributed by atoms with Gasteiger partial charge in [0.25, 0.3) is 0 Å². The molecule has 1 rings (SSSR count). The first-order valence-electron chi connectivity index (χ1n) is 6.22. The van der Waals surface area contributed by atoms with Crippen molar-refractivity contribution >= 4 is 11.6 Å². The second-order valence-electron chi connectivity index (χ2n) is 4.74. The van der Waals surface area contributed by atoms with Crippen LogP contribution in [0.25, 0.3) is 0 Å². The molecule has 0 radical (unpaired) electrons. The lowest BCUT2D eigenvalue weighted by Crippen LogP contribution is -2.43. The Balaban J connectivity index is 2.68. The SMILES string of the molecule is COCC(C)C(CN)N(C)Cc1ccccc1Cl. The topological polar surface area (TPSA) is 38.5 Å². The van der Waals surface area contributed by atoms with Crippen LogP contribution < -0.4 is 5.73 Å². The Labute approximate surface area is 115 Å². The van der Waals surface area contributed by atoms with Gasteiger partial charge in [-0.15, -0.1) is 0 Å². The quantitative estimate of drug-likeness (QED) is 0.827. The largest absolute Gasteiger partial charge is 0.384 e. The van der Waals surface area contributed by atoms with Gasteiger partial charge in [-0.1, -0.05) is 36.7 Å². The van der Waals surface area contributed by atoms with Crippen molar-refractivity contribution in [2.75, 3.05) is 27.3 Å². The highest BCUT2D eigenvalue weighted by molar-refractivity contribution is 6.31. The summed E-state index contributed by atoms with van der Waals surface area (Å²) in [7, 11) is 3.80. The van der Waals surface area contributed by atoms with Crippen LogP contribution in [0.3, 0.4) is 0 Å². The fraction of sp³-hybridized carbons (Fsp3) is 0.571. The molecule has 2 unspecified atom stereocenters. The first-order valence-corrected chi connectivity index (χ1v) is 6.60. The average Bonchev–Trinajstić information content (AvgIpc) is 2.33. The maximum Gasteiger partial charge on any atom is 0.0503 e. The summed E-state index contributed by atoms with van der Waals surface area (Å²) in [5.41, 5.74) is 7.00. The van der Waals surface area contributed by atoms with Crippen molar-refractivity contribution in [3.05, 3.63) is 34.9 Å². The first kappa shape index (κ1) is 15.4. The summed E-state index contributed by atoms with van der Waals surface area (Å²) in [6.45, 7) is 4.29. The van der Waals surface area contributed by atoms with Crippen molar-refractivity contribution in [2.24, 2.45) is 11.7 Å². The van der Waals surface area contributed by atoms with Crippen molar-refractivity contribution in [2.45, 2.75) is 19.5 Å². The van der Waals surface area contributed by atoms with E-state index < -0.39 is 0 Å². The lowest BCUT2D eigenvalue weighted by atomic mass is 10.0. The Morgan fingerprint density at radius 3 is 2.61 bits per heavy atom. The number of methoxy groups -OCH3 is 1. The van der Waals surface area contributed by atoms with Crippen molar-refractivity contribution < 1.29 is 4.74 Å². The summed E-state index contributed by atoms with van der Waals surface area (Å²) >= 11 is 6.17. The number of nitrogens with zero attached hydrogens (tertiary/aromatic N) is 1. The van der Waals surface area contributed by atoms with Gasteiger partial charge in [0.1, 0.15) is 0 Å². The number of halogens is 1. The number of benzene rings is 1. The molecule has 2 N–H and O–H groups in total. The van der Waals surface area contributed by atoms with E-state index >= 15 is 0 Å². The van der Waals surface area contributed by atoms with Gasteiger partial charge < -0.3 is 10.5 Å². The molecule has 0 aromatic heterocycles. The second-order valence-corrected chi connectivity index (χ2v) is 5.15. The van der Waals surface area contributed by atoms with Gasteiger partial charge in [-0.05, 0) is 24.6 Å². The smallest absolute Gasteiger partial charge is 0.0503 e. The van der Waals surface area contributed by atoms with Crippen LogP contribution in [0.4, 0.5) is 0 Å². The predicted molar refractivity (Wildman–Crippen MR) is 76.8 cm³/mol. The molecule has 1 aromatic rings. The zero-order valence-electron chi connectivity index (χ0n) is 11.4. The maximum absolute atomic E-state index is 6.17. The molecule has 0 saturated heterocycles. The molecule has 3 nitrogen and oxygen atoms in total. The van der Waals surface area contributed by atoms with Crippen molar-refractivity contribution in [3.63, 3.8) is 0 Å². The van der Waals surface area contributed by atoms with Crippen molar-refractivity contribution in [1.29, 1.82) is 0 Å². The molecule has 0 aliphatic carbocycles. The summed E-state index contributed by atoms with van der Waals surface area (Å²) < 4.78 is 5.20. The van der Waals surface area contributed by atoms with Gasteiger partial charge in [0, 0.05) is 31.3 Å². The standard InChI is InChI=1S/C14H23ClN2O/c1-11(10-18-3)14(8-16)17(2)9-12-6-4-5-7-13(12)15/h4-7,11,14H,8-10,16H2,1-3H3. The number of hydrogen-bond acceptors (Lipinski definition) is 3. The van der Waals surface area contributed by atoms with E-state index in [9.17, 15) is 0 Å². The number of hydrogen-bond donors (Lipinski definition) is 1. The van der Waals surface area contributed by atoms with Gasteiger partial charge in [0.15, 0.2) is 0 Å². The highest BCUT2D eigenvalue weighted by Crippen LogP contribution is 2.19. The summed E-state index contributed by atoms with van der Waals surface area (Å²) in [6.07, 6.45) is 0. The molecule has 0 heterocycles. The Bertz CT molecular complexity index is 359. The van der Waals surface area contributed by atoms with E-state index in [1.807, 2.05) is 24.3 Å². The van der Waals surface area contributed by atoms with E-state index in [0.717, 1.165) is 17.1 Å². The second kappa shape index (κ2) is 7.74. The lowest BCUT2D eigenvalue weighted by molar-refractivity contribution is 0.0953. The highest BCUT2D eigenvalue weighted by atomic mass is 35.5. The third kappa shape index (κ3) is 4.25. The fourth-order valence-electron chi connectivity index (χ4n) is 2.23. The molecule has 4 heteroatoms. The Kier molecular flexibility index (Phi) is 6.65. The molecule has 0 aliphatic heterocycles. The minimum Gasteiger partial charge on any atom is -0.384 e. The first-order chi connectivity index (χ1) is 8.60. The Hall–Kier alpha value is -0.610. The molecular formula is C14H23ClN2O. The summed E-state index contributed by atoms with van der Waals surface area (Å²) in [4.78, 5) is 2.24. The summed E-state index contributed by atoms with van der Waals surface area (Å²) in [5.74, 6) is 0.396. The number of rotatable bonds is 7. The summed E-state index contributed by atoms with van der Waals surface area (Å²) in [5, 5.41) is 0.805. The van der Waals surface area contributed by atoms with E-state index in [0.29, 0.717) is 25.1 Å². The van der Waals surface area contributed by atoms with Crippen LogP contribution in [0.5, 0.6) is 0 Å². The van der Waals surface area contributed by atoms with Crippen LogP contribution in [0.15, 0.2) is 24.3 Å². The molecule has 0 aliphatic rings. The minimum atomic E-state index is 0.293. The Morgan fingerprint density at radius 2 is 2.06 bits per heavy atom. The monoisotopic (exact) mass is 270 g/mol.